The van der Waals surface area contributed by atoms with Crippen LogP contribution in [0.4, 0.5) is 0 Å². The van der Waals surface area contributed by atoms with E-state index >= 15 is 0 Å². The molecule has 0 bridgehead atoms. The summed E-state index contributed by atoms with van der Waals surface area (Å²) in [6, 6.07) is 21.7. The molecule has 47 heavy (non-hydrogen) atoms. The largest absolute Gasteiger partial charge is 0.494 e. The fourth-order valence-corrected chi connectivity index (χ4v) is 5.17. The fourth-order valence-electron chi connectivity index (χ4n) is 5.17. The summed E-state index contributed by atoms with van der Waals surface area (Å²) in [6.45, 7) is 0.604. The van der Waals surface area contributed by atoms with Crippen LogP contribution < -0.4 is 15.6 Å². The molecular weight excluding hydrogens is 606 g/mol. The molecule has 1 heterocycles. The molecule has 3 aromatic rings. The van der Waals surface area contributed by atoms with Gasteiger partial charge >= 0.3 is 0 Å². The number of hydrogen-bond acceptors (Lipinski definition) is 10. The van der Waals surface area contributed by atoms with Gasteiger partial charge in [-0.25, -0.2) is 10.4 Å². The van der Waals surface area contributed by atoms with E-state index in [4.69, 9.17) is 40.1 Å². The summed E-state index contributed by atoms with van der Waals surface area (Å²) in [5.74, 6) is 0.303. The van der Waals surface area contributed by atoms with Crippen LogP contribution >= 0.6 is 0 Å². The van der Waals surface area contributed by atoms with E-state index in [9.17, 15) is 4.79 Å². The Morgan fingerprint density at radius 3 is 2.28 bits per heavy atom. The Balaban J connectivity index is 1.85. The van der Waals surface area contributed by atoms with Crippen LogP contribution in [0.1, 0.15) is 40.3 Å². The number of methoxy groups -OCH3 is 2. The van der Waals surface area contributed by atoms with E-state index in [1.54, 1.807) is 24.3 Å². The Bertz CT molecular complexity index is 1620. The molecule has 1 aliphatic rings. The number of aliphatic hydroxyl groups is 1. The maximum absolute atomic E-state index is 14.5. The molecule has 0 saturated heterocycles. The van der Waals surface area contributed by atoms with Crippen LogP contribution in [-0.2, 0) is 38.5 Å². The second-order valence-electron chi connectivity index (χ2n) is 10.4. The first-order chi connectivity index (χ1) is 23.0. The fraction of sp³-hybridized carbons (Fsp3) is 0.375. The van der Waals surface area contributed by atoms with Gasteiger partial charge in [-0.2, -0.15) is 0 Å². The SMILES string of the molecule is COC(CNNC(=O)[C@@]1(Cc2ccccc2CN=[N+]=[N-])N=C(c2ccc(OCCCO)cc2)O[C@H]1c1ccccc1CN=[N+]=[N-])OC. The van der Waals surface area contributed by atoms with Crippen molar-refractivity contribution in [2.45, 2.75) is 43.9 Å². The summed E-state index contributed by atoms with van der Waals surface area (Å²) in [4.78, 5) is 25.4. The molecule has 0 aromatic heterocycles. The first kappa shape index (κ1) is 34.7. The predicted octanol–water partition coefficient (Wildman–Crippen LogP) is 4.81. The van der Waals surface area contributed by atoms with Crippen molar-refractivity contribution in [3.63, 3.8) is 0 Å². The van der Waals surface area contributed by atoms with Crippen LogP contribution in [0.15, 0.2) is 88.0 Å². The molecule has 246 valence electrons. The minimum atomic E-state index is -1.60. The summed E-state index contributed by atoms with van der Waals surface area (Å²) < 4.78 is 22.8. The van der Waals surface area contributed by atoms with Crippen LogP contribution in [0.5, 0.6) is 5.75 Å². The van der Waals surface area contributed by atoms with Crippen molar-refractivity contribution >= 4 is 11.8 Å². The number of nitrogens with zero attached hydrogens (tertiary/aromatic N) is 7. The number of benzene rings is 3. The summed E-state index contributed by atoms with van der Waals surface area (Å²) >= 11 is 0. The van der Waals surface area contributed by atoms with Crippen LogP contribution in [0.2, 0.25) is 0 Å². The zero-order valence-corrected chi connectivity index (χ0v) is 26.2. The Labute approximate surface area is 271 Å². The van der Waals surface area contributed by atoms with Crippen LogP contribution in [0.25, 0.3) is 20.9 Å². The van der Waals surface area contributed by atoms with Gasteiger partial charge in [0, 0.05) is 49.1 Å². The summed E-state index contributed by atoms with van der Waals surface area (Å²) in [6.07, 6.45) is -1.05. The smallest absolute Gasteiger partial charge is 0.266 e. The van der Waals surface area contributed by atoms with Crippen LogP contribution in [-0.4, -0.2) is 62.7 Å². The number of aliphatic hydroxyl groups excluding tert-OH is 1. The second-order valence-corrected chi connectivity index (χ2v) is 10.4. The number of carbonyl (C=O) groups excluding carboxylic acids is 1. The van der Waals surface area contributed by atoms with E-state index in [-0.39, 0.29) is 38.6 Å². The van der Waals surface area contributed by atoms with E-state index in [1.807, 2.05) is 48.5 Å². The van der Waals surface area contributed by atoms with Gasteiger partial charge in [0.2, 0.25) is 5.90 Å². The summed E-state index contributed by atoms with van der Waals surface area (Å²) in [7, 11) is 2.97. The van der Waals surface area contributed by atoms with E-state index < -0.39 is 23.8 Å². The number of amides is 1. The summed E-state index contributed by atoms with van der Waals surface area (Å²) in [5.41, 5.74) is 25.5. The lowest BCUT2D eigenvalue weighted by Gasteiger charge is -2.32. The lowest BCUT2D eigenvalue weighted by molar-refractivity contribution is -0.131. The number of hydrogen-bond donors (Lipinski definition) is 3. The number of rotatable bonds is 18. The highest BCUT2D eigenvalue weighted by molar-refractivity contribution is 6.01. The van der Waals surface area contributed by atoms with Gasteiger partial charge in [-0.3, -0.25) is 10.2 Å². The Kier molecular flexibility index (Phi) is 13.0. The van der Waals surface area contributed by atoms with Gasteiger partial charge in [0.15, 0.2) is 17.9 Å². The van der Waals surface area contributed by atoms with E-state index in [0.29, 0.717) is 35.5 Å². The Morgan fingerprint density at radius 1 is 0.979 bits per heavy atom. The normalized spacial score (nSPS) is 16.9. The van der Waals surface area contributed by atoms with Crippen molar-refractivity contribution in [2.75, 3.05) is 34.0 Å². The van der Waals surface area contributed by atoms with Gasteiger partial charge in [0.05, 0.1) is 26.2 Å². The van der Waals surface area contributed by atoms with Gasteiger partial charge in [-0.15, -0.1) is 0 Å². The zero-order valence-electron chi connectivity index (χ0n) is 26.2. The zero-order chi connectivity index (χ0) is 33.5. The van der Waals surface area contributed by atoms with Crippen LogP contribution in [0, 0.1) is 0 Å². The first-order valence-corrected chi connectivity index (χ1v) is 14.8. The molecule has 0 spiro atoms. The lowest BCUT2D eigenvalue weighted by Crippen LogP contribution is -2.55. The molecule has 1 aliphatic heterocycles. The van der Waals surface area contributed by atoms with Crippen molar-refractivity contribution in [1.82, 2.24) is 10.9 Å². The van der Waals surface area contributed by atoms with Crippen molar-refractivity contribution in [2.24, 2.45) is 15.2 Å². The van der Waals surface area contributed by atoms with E-state index in [2.05, 4.69) is 30.9 Å². The number of nitrogens with one attached hydrogen (secondary N) is 2. The number of azide groups is 2. The second kappa shape index (κ2) is 17.5. The Morgan fingerprint density at radius 2 is 1.62 bits per heavy atom. The number of ether oxygens (including phenoxy) is 4. The molecule has 0 unspecified atom stereocenters. The lowest BCUT2D eigenvalue weighted by atomic mass is 9.80. The highest BCUT2D eigenvalue weighted by Gasteiger charge is 2.54. The van der Waals surface area contributed by atoms with E-state index in [1.165, 1.54) is 14.2 Å². The van der Waals surface area contributed by atoms with Crippen molar-refractivity contribution in [1.29, 1.82) is 0 Å². The van der Waals surface area contributed by atoms with Gasteiger partial charge in [0.1, 0.15) is 5.75 Å². The third kappa shape index (κ3) is 8.77. The average molecular weight is 644 g/mol. The molecule has 3 N–H and O–H groups in total. The molecular formula is C32H37N9O6. The quantitative estimate of drug-likeness (QED) is 0.0440. The monoisotopic (exact) mass is 643 g/mol. The van der Waals surface area contributed by atoms with Crippen LogP contribution in [0.3, 0.4) is 0 Å². The molecule has 0 saturated carbocycles. The Hall–Kier alpha value is -5.14. The standard InChI is InChI=1S/C32H37N9O6/c1-44-28(45-2)21-35-39-31(43)32(18-23-8-3-4-9-24(23)19-36-40-33)29(27-11-6-5-10-25(27)20-37-41-34)47-30(38-32)22-12-14-26(15-13-22)46-17-7-16-42/h3-6,8-15,28-29,35,42H,7,16-21H2,1-2H3,(H,39,43)/t29-,32-/m0/s1. The maximum Gasteiger partial charge on any atom is 0.266 e. The third-order valence-electron chi connectivity index (χ3n) is 7.55. The van der Waals surface area contributed by atoms with Gasteiger partial charge in [-0.1, -0.05) is 58.8 Å². The number of aliphatic imine (C=N–C) groups is 1. The highest BCUT2D eigenvalue weighted by atomic mass is 16.7. The predicted molar refractivity (Wildman–Crippen MR) is 173 cm³/mol. The topological polar surface area (TPSA) is 208 Å². The van der Waals surface area contributed by atoms with Gasteiger partial charge in [0.25, 0.3) is 5.91 Å². The molecule has 0 fully saturated rings. The molecule has 1 amide bonds. The van der Waals surface area contributed by atoms with Crippen molar-refractivity contribution in [3.8, 4) is 5.75 Å². The maximum atomic E-state index is 14.5. The van der Waals surface area contributed by atoms with Crippen molar-refractivity contribution in [3.05, 3.63) is 121 Å². The highest BCUT2D eigenvalue weighted by Crippen LogP contribution is 2.44. The molecule has 15 nitrogen and oxygen atoms in total. The molecule has 4 rings (SSSR count). The van der Waals surface area contributed by atoms with Gasteiger partial charge in [-0.05, 0) is 57.6 Å². The molecule has 2 atom stereocenters. The third-order valence-corrected chi connectivity index (χ3v) is 7.55. The van der Waals surface area contributed by atoms with Crippen molar-refractivity contribution < 1.29 is 28.8 Å². The van der Waals surface area contributed by atoms with E-state index in [0.717, 1.165) is 11.1 Å². The minimum absolute atomic E-state index is 0.0217. The van der Waals surface area contributed by atoms with Gasteiger partial charge < -0.3 is 24.1 Å². The molecule has 0 radical (unpaired) electrons. The number of carbonyl (C=O) groups is 1. The molecule has 3 aromatic carbocycles. The molecule has 15 heteroatoms. The molecule has 0 aliphatic carbocycles. The summed E-state index contributed by atoms with van der Waals surface area (Å²) in [5, 5.41) is 16.6. The first-order valence-electron chi connectivity index (χ1n) is 14.8. The average Bonchev–Trinajstić information content (AvgIpc) is 3.49. The minimum Gasteiger partial charge on any atom is -0.494 e. The number of hydrazine groups is 1.